The lowest BCUT2D eigenvalue weighted by Gasteiger charge is -2.07. The van der Waals surface area contributed by atoms with Crippen LogP contribution in [0.3, 0.4) is 0 Å². The molecule has 0 radical (unpaired) electrons. The molecule has 0 aliphatic heterocycles. The highest BCUT2D eigenvalue weighted by atomic mass is 16.4. The molecule has 0 aromatic heterocycles. The van der Waals surface area contributed by atoms with Gasteiger partial charge in [-0.3, -0.25) is 4.79 Å². The van der Waals surface area contributed by atoms with Gasteiger partial charge in [-0.25, -0.2) is 4.79 Å². The molecule has 112 valence electrons. The molecule has 5 heteroatoms. The average molecular weight is 282 g/mol. The standard InChI is InChI=1S/C8H16O2.C7H6O3/c1-3-5-7(6-4-2)8(9)10;8-6-4-2-1-3-5(6)7(9)10/h7H,3-6H2,1-2H3,(H,9,10);1-4,8H,(H,9,10). The van der Waals surface area contributed by atoms with Crippen LogP contribution >= 0.6 is 0 Å². The zero-order chi connectivity index (χ0) is 15.5. The van der Waals surface area contributed by atoms with E-state index in [0.717, 1.165) is 25.7 Å². The third-order valence-electron chi connectivity index (χ3n) is 2.76. The van der Waals surface area contributed by atoms with Crippen LogP contribution in [0, 0.1) is 5.92 Å². The number of phenols is 1. The molecule has 0 heterocycles. The van der Waals surface area contributed by atoms with Crippen LogP contribution in [0.2, 0.25) is 0 Å². The van der Waals surface area contributed by atoms with Crippen LogP contribution in [0.25, 0.3) is 0 Å². The van der Waals surface area contributed by atoms with E-state index in [0.29, 0.717) is 0 Å². The fourth-order valence-corrected chi connectivity index (χ4v) is 1.74. The number of carboxylic acid groups (broad SMARTS) is 2. The molecule has 5 nitrogen and oxygen atoms in total. The van der Waals surface area contributed by atoms with Gasteiger partial charge in [0, 0.05) is 0 Å². The van der Waals surface area contributed by atoms with Crippen molar-refractivity contribution >= 4 is 11.9 Å². The molecule has 1 aromatic carbocycles. The minimum absolute atomic E-state index is 0.0671. The Morgan fingerprint density at radius 3 is 1.85 bits per heavy atom. The smallest absolute Gasteiger partial charge is 0.339 e. The van der Waals surface area contributed by atoms with E-state index in [9.17, 15) is 9.59 Å². The maximum absolute atomic E-state index is 10.5. The van der Waals surface area contributed by atoms with Crippen molar-refractivity contribution in [3.05, 3.63) is 29.8 Å². The van der Waals surface area contributed by atoms with Crippen molar-refractivity contribution in [3.63, 3.8) is 0 Å². The Kier molecular flexibility index (Phi) is 8.83. The summed E-state index contributed by atoms with van der Waals surface area (Å²) in [5.41, 5.74) is -0.0671. The first-order valence-corrected chi connectivity index (χ1v) is 6.68. The number of carbonyl (C=O) groups is 2. The van der Waals surface area contributed by atoms with E-state index in [2.05, 4.69) is 0 Å². The summed E-state index contributed by atoms with van der Waals surface area (Å²) in [5, 5.41) is 25.9. The Morgan fingerprint density at radius 1 is 1.05 bits per heavy atom. The van der Waals surface area contributed by atoms with Crippen LogP contribution in [0.4, 0.5) is 0 Å². The van der Waals surface area contributed by atoms with Crippen molar-refractivity contribution in [2.45, 2.75) is 39.5 Å². The monoisotopic (exact) mass is 282 g/mol. The summed E-state index contributed by atoms with van der Waals surface area (Å²) < 4.78 is 0. The minimum Gasteiger partial charge on any atom is -0.507 e. The van der Waals surface area contributed by atoms with Crippen LogP contribution in [-0.4, -0.2) is 27.3 Å². The zero-order valence-corrected chi connectivity index (χ0v) is 11.9. The summed E-state index contributed by atoms with van der Waals surface area (Å²) in [6.45, 7) is 4.04. The normalized spacial score (nSPS) is 9.75. The molecule has 0 aliphatic rings. The van der Waals surface area contributed by atoms with Crippen molar-refractivity contribution in [3.8, 4) is 5.75 Å². The molecule has 3 N–H and O–H groups in total. The van der Waals surface area contributed by atoms with Crippen molar-refractivity contribution in [1.82, 2.24) is 0 Å². The molecule has 0 amide bonds. The molecular weight excluding hydrogens is 260 g/mol. The second-order valence-electron chi connectivity index (χ2n) is 4.43. The number of benzene rings is 1. The lowest BCUT2D eigenvalue weighted by Crippen LogP contribution is -2.12. The molecule has 0 unspecified atom stereocenters. The first kappa shape index (κ1) is 18.0. The number of hydrogen-bond donors (Lipinski definition) is 3. The summed E-state index contributed by atoms with van der Waals surface area (Å²) in [6.07, 6.45) is 3.58. The number of aliphatic carboxylic acids is 1. The van der Waals surface area contributed by atoms with Gasteiger partial charge in [-0.2, -0.15) is 0 Å². The van der Waals surface area contributed by atoms with E-state index >= 15 is 0 Å². The number of aromatic carboxylic acids is 1. The van der Waals surface area contributed by atoms with E-state index in [1.807, 2.05) is 13.8 Å². The summed E-state index contributed by atoms with van der Waals surface area (Å²) in [7, 11) is 0. The molecule has 20 heavy (non-hydrogen) atoms. The Hall–Kier alpha value is -2.04. The molecule has 0 saturated carbocycles. The molecule has 1 rings (SSSR count). The van der Waals surface area contributed by atoms with Crippen LogP contribution in [0.15, 0.2) is 24.3 Å². The van der Waals surface area contributed by atoms with Crippen molar-refractivity contribution in [2.75, 3.05) is 0 Å². The molecule has 0 atom stereocenters. The number of para-hydroxylation sites is 1. The lowest BCUT2D eigenvalue weighted by atomic mass is 9.99. The van der Waals surface area contributed by atoms with Gasteiger partial charge < -0.3 is 15.3 Å². The average Bonchev–Trinajstić information content (AvgIpc) is 2.39. The van der Waals surface area contributed by atoms with Gasteiger partial charge in [0.15, 0.2) is 0 Å². The van der Waals surface area contributed by atoms with Crippen molar-refractivity contribution in [1.29, 1.82) is 0 Å². The third kappa shape index (κ3) is 6.78. The topological polar surface area (TPSA) is 94.8 Å². The fraction of sp³-hybridized carbons (Fsp3) is 0.467. The highest BCUT2D eigenvalue weighted by molar-refractivity contribution is 5.90. The van der Waals surface area contributed by atoms with Gasteiger partial charge in [-0.1, -0.05) is 38.8 Å². The van der Waals surface area contributed by atoms with Gasteiger partial charge in [-0.15, -0.1) is 0 Å². The highest BCUT2D eigenvalue weighted by Crippen LogP contribution is 2.14. The largest absolute Gasteiger partial charge is 0.507 e. The summed E-state index contributed by atoms with van der Waals surface area (Å²) in [6, 6.07) is 5.81. The predicted octanol–water partition coefficient (Wildman–Crippen LogP) is 3.38. The van der Waals surface area contributed by atoms with Gasteiger partial charge in [0.2, 0.25) is 0 Å². The molecule has 0 saturated heterocycles. The summed E-state index contributed by atoms with van der Waals surface area (Å²) in [4.78, 5) is 20.7. The van der Waals surface area contributed by atoms with Gasteiger partial charge in [0.25, 0.3) is 0 Å². The van der Waals surface area contributed by atoms with Crippen LogP contribution < -0.4 is 0 Å². The van der Waals surface area contributed by atoms with Gasteiger partial charge in [-0.05, 0) is 25.0 Å². The maximum atomic E-state index is 10.5. The van der Waals surface area contributed by atoms with E-state index in [1.165, 1.54) is 12.1 Å². The maximum Gasteiger partial charge on any atom is 0.339 e. The first-order valence-electron chi connectivity index (χ1n) is 6.68. The van der Waals surface area contributed by atoms with Crippen molar-refractivity contribution in [2.24, 2.45) is 5.92 Å². The summed E-state index contributed by atoms with van der Waals surface area (Å²) in [5.74, 6) is -2.05. The van der Waals surface area contributed by atoms with Gasteiger partial charge in [0.05, 0.1) is 5.92 Å². The third-order valence-corrected chi connectivity index (χ3v) is 2.76. The van der Waals surface area contributed by atoms with Crippen LogP contribution in [0.5, 0.6) is 5.75 Å². The van der Waals surface area contributed by atoms with E-state index in [4.69, 9.17) is 15.3 Å². The highest BCUT2D eigenvalue weighted by Gasteiger charge is 2.13. The van der Waals surface area contributed by atoms with E-state index in [-0.39, 0.29) is 17.2 Å². The van der Waals surface area contributed by atoms with Crippen molar-refractivity contribution < 1.29 is 24.9 Å². The van der Waals surface area contributed by atoms with Crippen LogP contribution in [-0.2, 0) is 4.79 Å². The quantitative estimate of drug-likeness (QED) is 0.743. The number of aromatic hydroxyl groups is 1. The Morgan fingerprint density at radius 2 is 1.55 bits per heavy atom. The minimum atomic E-state index is -1.11. The number of carboxylic acids is 2. The Labute approximate surface area is 118 Å². The second kappa shape index (κ2) is 9.83. The number of hydrogen-bond acceptors (Lipinski definition) is 3. The molecular formula is C15H22O5. The zero-order valence-electron chi connectivity index (χ0n) is 11.9. The fourth-order valence-electron chi connectivity index (χ4n) is 1.74. The first-order chi connectivity index (χ1) is 9.43. The van der Waals surface area contributed by atoms with Gasteiger partial charge in [0.1, 0.15) is 11.3 Å². The molecule has 0 fully saturated rings. The van der Waals surface area contributed by atoms with E-state index in [1.54, 1.807) is 12.1 Å². The SMILES string of the molecule is CCCC(CCC)C(=O)O.O=C(O)c1ccccc1O. The van der Waals surface area contributed by atoms with Gasteiger partial charge >= 0.3 is 11.9 Å². The van der Waals surface area contributed by atoms with E-state index < -0.39 is 11.9 Å². The second-order valence-corrected chi connectivity index (χ2v) is 4.43. The molecule has 0 aliphatic carbocycles. The molecule has 0 spiro atoms. The predicted molar refractivity (Wildman–Crippen MR) is 76.0 cm³/mol. The van der Waals surface area contributed by atoms with Crippen LogP contribution in [0.1, 0.15) is 49.9 Å². The molecule has 0 bridgehead atoms. The number of rotatable bonds is 6. The summed E-state index contributed by atoms with van der Waals surface area (Å²) >= 11 is 0. The Bertz CT molecular complexity index is 422. The Balaban J connectivity index is 0.000000361. The molecule has 1 aromatic rings. The lowest BCUT2D eigenvalue weighted by molar-refractivity contribution is -0.142.